The summed E-state index contributed by atoms with van der Waals surface area (Å²) in [7, 11) is -0.374. The molecule has 1 N–H and O–H groups in total. The van der Waals surface area contributed by atoms with E-state index in [1.54, 1.807) is 19.9 Å². The van der Waals surface area contributed by atoms with E-state index in [9.17, 15) is 14.5 Å². The van der Waals surface area contributed by atoms with Crippen molar-refractivity contribution < 1.29 is 77.0 Å². The first kappa shape index (κ1) is 29.6. The molecule has 1 fully saturated rings. The molecule has 191 valence electrons. The van der Waals surface area contributed by atoms with Crippen molar-refractivity contribution in [2.24, 2.45) is 5.92 Å². The van der Waals surface area contributed by atoms with Crippen molar-refractivity contribution >= 4 is 13.4 Å². The molecule has 0 saturated heterocycles. The zero-order valence-electron chi connectivity index (χ0n) is 21.1. The van der Waals surface area contributed by atoms with Gasteiger partial charge in [0.15, 0.2) is 11.4 Å². The van der Waals surface area contributed by atoms with Gasteiger partial charge in [0.25, 0.3) is 0 Å². The first-order valence-electron chi connectivity index (χ1n) is 11.8. The molecule has 2 aliphatic rings. The van der Waals surface area contributed by atoms with E-state index >= 15 is 0 Å². The maximum atomic E-state index is 13.0. The largest absolute Gasteiger partial charge is 0.489 e. The van der Waals surface area contributed by atoms with E-state index in [2.05, 4.69) is 0 Å². The summed E-state index contributed by atoms with van der Waals surface area (Å²) in [6, 6.07) is 15.1. The van der Waals surface area contributed by atoms with Crippen LogP contribution in [0.2, 0.25) is 0 Å². The molecule has 2 aromatic carbocycles. The van der Waals surface area contributed by atoms with Crippen LogP contribution in [-0.4, -0.2) is 49.1 Å². The van der Waals surface area contributed by atoms with Crippen LogP contribution in [0.3, 0.4) is 0 Å². The van der Waals surface area contributed by atoms with Gasteiger partial charge in [-0.05, 0) is 44.0 Å². The molecule has 4 rings (SSSR count). The van der Waals surface area contributed by atoms with E-state index in [1.807, 2.05) is 48.5 Å². The topological polar surface area (TPSA) is 91.3 Å². The fourth-order valence-electron chi connectivity index (χ4n) is 4.91. The Balaban J connectivity index is 0.00000361. The standard InChI is InChI=1S/C27H33O7P.Ac/c1-27(2,34-19-10-6-5-7-11-19)24(29)14-13-20-22(28)17-23-25(20)21-12-8-9-18(26(21)33-23)15-16-35(30,31-3)32-4;/h5-14,20,22-23,25,28H,15-17H2,1-4H3;/b14-13+;/t20-,22+,23-,25-;/m0./s1. The van der Waals surface area contributed by atoms with Crippen LogP contribution >= 0.6 is 7.60 Å². The second kappa shape index (κ2) is 12.2. The fourth-order valence-corrected chi connectivity index (χ4v) is 5.94. The molecular formula is C27H33AcO7P. The zero-order chi connectivity index (χ0) is 25.2. The number of carbonyl (C=O) groups is 1. The molecule has 36 heavy (non-hydrogen) atoms. The minimum Gasteiger partial charge on any atom is -0.489 e. The molecular weight excluding hydrogens is 694 g/mol. The Labute approximate surface area is 248 Å². The summed E-state index contributed by atoms with van der Waals surface area (Å²) in [6.07, 6.45) is 3.71. The number of rotatable bonds is 10. The number of fused-ring (bicyclic) bond motifs is 3. The number of aryl methyl sites for hydroxylation is 1. The molecule has 1 aliphatic heterocycles. The van der Waals surface area contributed by atoms with Crippen LogP contribution in [0.15, 0.2) is 60.7 Å². The zero-order valence-corrected chi connectivity index (χ0v) is 26.8. The number of hydrogen-bond donors (Lipinski definition) is 1. The van der Waals surface area contributed by atoms with Gasteiger partial charge >= 0.3 is 7.60 Å². The van der Waals surface area contributed by atoms with E-state index < -0.39 is 19.3 Å². The molecule has 2 aromatic rings. The molecule has 1 aliphatic carbocycles. The Kier molecular flexibility index (Phi) is 10.0. The molecule has 0 spiro atoms. The average molecular weight is 728 g/mol. The van der Waals surface area contributed by atoms with Crippen LogP contribution in [0, 0.1) is 50.0 Å². The molecule has 1 saturated carbocycles. The van der Waals surface area contributed by atoms with E-state index in [1.165, 1.54) is 20.3 Å². The molecule has 9 heteroatoms. The Bertz CT molecular complexity index is 1130. The van der Waals surface area contributed by atoms with E-state index in [-0.39, 0.29) is 73.9 Å². The first-order chi connectivity index (χ1) is 16.7. The molecule has 1 heterocycles. The maximum Gasteiger partial charge on any atom is 0.330 e. The quantitative estimate of drug-likeness (QED) is 0.275. The molecule has 4 atom stereocenters. The Morgan fingerprint density at radius 1 is 1.14 bits per heavy atom. The Morgan fingerprint density at radius 2 is 1.83 bits per heavy atom. The number of hydrogen-bond acceptors (Lipinski definition) is 7. The molecule has 0 unspecified atom stereocenters. The summed E-state index contributed by atoms with van der Waals surface area (Å²) in [5.41, 5.74) is 0.877. The summed E-state index contributed by atoms with van der Waals surface area (Å²) in [6.45, 7) is 3.47. The van der Waals surface area contributed by atoms with Crippen LogP contribution in [-0.2, 0) is 24.8 Å². The van der Waals surface area contributed by atoms with Gasteiger partial charge in [-0.25, -0.2) is 0 Å². The fraction of sp³-hybridized carbons (Fsp3) is 0.444. The average Bonchev–Trinajstić information content (AvgIpc) is 3.36. The smallest absolute Gasteiger partial charge is 0.330 e. The van der Waals surface area contributed by atoms with Gasteiger partial charge in [0.05, 0.1) is 12.3 Å². The van der Waals surface area contributed by atoms with Crippen LogP contribution in [0.4, 0.5) is 0 Å². The number of ether oxygens (including phenoxy) is 2. The number of carbonyl (C=O) groups excluding carboxylic acids is 1. The van der Waals surface area contributed by atoms with E-state index in [0.29, 0.717) is 18.6 Å². The van der Waals surface area contributed by atoms with Crippen LogP contribution in [0.25, 0.3) is 0 Å². The minimum atomic E-state index is -3.14. The third kappa shape index (κ3) is 6.34. The van der Waals surface area contributed by atoms with Gasteiger partial charge < -0.3 is 23.6 Å². The summed E-state index contributed by atoms with van der Waals surface area (Å²) in [5, 5.41) is 10.8. The molecule has 0 aromatic heterocycles. The van der Waals surface area contributed by atoms with Gasteiger partial charge in [-0.3, -0.25) is 9.36 Å². The third-order valence-corrected chi connectivity index (χ3v) is 8.76. The van der Waals surface area contributed by atoms with Crippen molar-refractivity contribution in [3.8, 4) is 11.5 Å². The Hall–Kier alpha value is -0.998. The van der Waals surface area contributed by atoms with Gasteiger partial charge in [0.2, 0.25) is 0 Å². The molecule has 0 amide bonds. The van der Waals surface area contributed by atoms with Crippen molar-refractivity contribution in [1.82, 2.24) is 0 Å². The van der Waals surface area contributed by atoms with Crippen molar-refractivity contribution in [1.29, 1.82) is 0 Å². The van der Waals surface area contributed by atoms with Crippen LogP contribution in [0.5, 0.6) is 11.5 Å². The van der Waals surface area contributed by atoms with Gasteiger partial charge in [-0.15, -0.1) is 0 Å². The summed E-state index contributed by atoms with van der Waals surface area (Å²) >= 11 is 0. The number of benzene rings is 2. The van der Waals surface area contributed by atoms with E-state index in [0.717, 1.165) is 16.9 Å². The summed E-state index contributed by atoms with van der Waals surface area (Å²) in [5.74, 6) is 0.874. The first-order valence-corrected chi connectivity index (χ1v) is 13.5. The number of aliphatic hydroxyl groups excluding tert-OH is 1. The predicted octanol–water partition coefficient (Wildman–Crippen LogP) is 4.92. The van der Waals surface area contributed by atoms with E-state index in [4.69, 9.17) is 18.5 Å². The van der Waals surface area contributed by atoms with Gasteiger partial charge in [-0.2, -0.15) is 0 Å². The van der Waals surface area contributed by atoms with Gasteiger partial charge in [0, 0.05) is 82.1 Å². The second-order valence-electron chi connectivity index (χ2n) is 9.50. The van der Waals surface area contributed by atoms with Crippen LogP contribution < -0.4 is 9.47 Å². The SMILES string of the molecule is COP(=O)(CCc1cccc2c1O[C@H]1C[C@@H](O)[C@H](/C=C/C(=O)C(C)(C)Oc3ccccc3)[C@@H]21)OC.[Ac]. The van der Waals surface area contributed by atoms with Crippen molar-refractivity contribution in [2.45, 2.75) is 50.4 Å². The van der Waals surface area contributed by atoms with Gasteiger partial charge in [0.1, 0.15) is 17.6 Å². The monoisotopic (exact) mass is 727 g/mol. The van der Waals surface area contributed by atoms with Crippen LogP contribution in [0.1, 0.15) is 37.3 Å². The Morgan fingerprint density at radius 3 is 2.50 bits per heavy atom. The summed E-state index contributed by atoms with van der Waals surface area (Å²) < 4.78 is 34.8. The molecule has 1 radical (unpaired) electrons. The number of ketones is 1. The van der Waals surface area contributed by atoms with Crippen molar-refractivity contribution in [3.05, 3.63) is 71.8 Å². The number of aliphatic hydroxyl groups is 1. The summed E-state index contributed by atoms with van der Waals surface area (Å²) in [4.78, 5) is 13.0. The van der Waals surface area contributed by atoms with Crippen molar-refractivity contribution in [2.75, 3.05) is 20.4 Å². The second-order valence-corrected chi connectivity index (χ2v) is 11.9. The maximum absolute atomic E-state index is 13.0. The third-order valence-electron chi connectivity index (χ3n) is 6.88. The number of para-hydroxylation sites is 2. The van der Waals surface area contributed by atoms with Crippen molar-refractivity contribution in [3.63, 3.8) is 0 Å². The minimum absolute atomic E-state index is 0. The normalized spacial score (nSPS) is 23.0. The predicted molar refractivity (Wildman–Crippen MR) is 133 cm³/mol. The van der Waals surface area contributed by atoms with Gasteiger partial charge in [-0.1, -0.05) is 42.5 Å². The molecule has 7 nitrogen and oxygen atoms in total. The molecule has 0 bridgehead atoms.